The van der Waals surface area contributed by atoms with E-state index in [1.165, 1.54) is 10.4 Å². The number of nitrogens with two attached hydrogens (primary N) is 1. The Morgan fingerprint density at radius 2 is 2.37 bits per heavy atom. The van der Waals surface area contributed by atoms with E-state index in [2.05, 4.69) is 18.4 Å². The summed E-state index contributed by atoms with van der Waals surface area (Å²) in [6, 6.07) is 2.23. The smallest absolute Gasteiger partial charge is 0.235 e. The molecule has 2 atom stereocenters. The van der Waals surface area contributed by atoms with Crippen LogP contribution >= 0.6 is 23.6 Å². The number of carbonyl (C=O) groups excluding carboxylic acids is 1. The summed E-state index contributed by atoms with van der Waals surface area (Å²) >= 11 is 6.88. The number of hydrogen-bond donors (Lipinski definition) is 1. The summed E-state index contributed by atoms with van der Waals surface area (Å²) < 4.78 is 0. The van der Waals surface area contributed by atoms with Crippen molar-refractivity contribution in [3.8, 4) is 0 Å². The van der Waals surface area contributed by atoms with Gasteiger partial charge in [-0.3, -0.25) is 4.79 Å². The van der Waals surface area contributed by atoms with E-state index in [1.54, 1.807) is 11.3 Å². The normalized spacial score (nSPS) is 21.6. The summed E-state index contributed by atoms with van der Waals surface area (Å²) in [5, 5.41) is 2.10. The van der Waals surface area contributed by atoms with Crippen LogP contribution in [-0.2, 0) is 11.2 Å². The van der Waals surface area contributed by atoms with Crippen LogP contribution in [-0.4, -0.2) is 22.3 Å². The molecule has 0 saturated carbocycles. The number of nitrogens with zero attached hydrogens (tertiary/aromatic N) is 1. The van der Waals surface area contributed by atoms with Gasteiger partial charge in [0, 0.05) is 11.4 Å². The van der Waals surface area contributed by atoms with Gasteiger partial charge < -0.3 is 10.6 Å². The van der Waals surface area contributed by atoms with Gasteiger partial charge in [0.2, 0.25) is 5.91 Å². The van der Waals surface area contributed by atoms with E-state index < -0.39 is 5.41 Å². The molecule has 3 nitrogen and oxygen atoms in total. The maximum atomic E-state index is 12.8. The largest absolute Gasteiger partial charge is 0.392 e. The third-order valence-electron chi connectivity index (χ3n) is 4.26. The third-order valence-corrected chi connectivity index (χ3v) is 5.71. The van der Waals surface area contributed by atoms with Gasteiger partial charge in [-0.1, -0.05) is 19.1 Å². The number of rotatable bonds is 3. The first-order valence-electron chi connectivity index (χ1n) is 6.59. The molecular formula is C14H20N2OS2. The molecule has 1 aromatic heterocycles. The standard InChI is InChI=1S/C14H20N2OS2/c1-4-14(3,12(15)18)13(17)16-7-5-11-10(9(16)2)6-8-19-11/h6,8-9H,4-5,7H2,1-3H3,(H2,15,18). The van der Waals surface area contributed by atoms with Crippen LogP contribution in [0.25, 0.3) is 0 Å². The minimum atomic E-state index is -0.725. The molecule has 0 aromatic carbocycles. The molecule has 0 spiro atoms. The molecule has 2 unspecified atom stereocenters. The maximum Gasteiger partial charge on any atom is 0.235 e. The summed E-state index contributed by atoms with van der Waals surface area (Å²) in [4.78, 5) is 16.4. The van der Waals surface area contributed by atoms with Gasteiger partial charge in [0.1, 0.15) is 0 Å². The van der Waals surface area contributed by atoms with Gasteiger partial charge in [-0.05, 0) is 43.7 Å². The van der Waals surface area contributed by atoms with Gasteiger partial charge in [0.15, 0.2) is 0 Å². The SMILES string of the molecule is CCC(C)(C(=O)N1CCc2sccc2C1C)C(N)=S. The van der Waals surface area contributed by atoms with Gasteiger partial charge in [0.25, 0.3) is 0 Å². The first kappa shape index (κ1) is 14.5. The van der Waals surface area contributed by atoms with Crippen molar-refractivity contribution in [3.63, 3.8) is 0 Å². The fourth-order valence-electron chi connectivity index (χ4n) is 2.53. The van der Waals surface area contributed by atoms with Gasteiger partial charge >= 0.3 is 0 Å². The Bertz CT molecular complexity index is 511. The summed E-state index contributed by atoms with van der Waals surface area (Å²) in [6.07, 6.45) is 1.57. The molecule has 1 amide bonds. The van der Waals surface area contributed by atoms with Crippen LogP contribution in [0.5, 0.6) is 0 Å². The van der Waals surface area contributed by atoms with E-state index in [0.717, 1.165) is 13.0 Å². The maximum absolute atomic E-state index is 12.8. The fourth-order valence-corrected chi connectivity index (χ4v) is 3.73. The molecule has 1 aliphatic rings. The number of thiocarbonyl (C=S) groups is 1. The number of fused-ring (bicyclic) bond motifs is 1. The summed E-state index contributed by atoms with van der Waals surface area (Å²) in [7, 11) is 0. The van der Waals surface area contributed by atoms with E-state index in [0.29, 0.717) is 11.4 Å². The molecule has 0 fully saturated rings. The van der Waals surface area contributed by atoms with E-state index >= 15 is 0 Å². The molecular weight excluding hydrogens is 276 g/mol. The second-order valence-corrected chi connectivity index (χ2v) is 6.71. The van der Waals surface area contributed by atoms with Crippen LogP contribution in [0.3, 0.4) is 0 Å². The average molecular weight is 296 g/mol. The topological polar surface area (TPSA) is 46.3 Å². The van der Waals surface area contributed by atoms with Crippen LogP contribution in [0.1, 0.15) is 43.7 Å². The molecule has 19 heavy (non-hydrogen) atoms. The van der Waals surface area contributed by atoms with E-state index in [1.807, 2.05) is 18.7 Å². The first-order chi connectivity index (χ1) is 8.91. The molecule has 2 heterocycles. The Balaban J connectivity index is 2.29. The van der Waals surface area contributed by atoms with Crippen molar-refractivity contribution >= 4 is 34.5 Å². The molecule has 2 rings (SSSR count). The van der Waals surface area contributed by atoms with Crippen LogP contribution in [0.2, 0.25) is 0 Å². The molecule has 1 aliphatic heterocycles. The predicted molar refractivity (Wildman–Crippen MR) is 83.3 cm³/mol. The quantitative estimate of drug-likeness (QED) is 0.872. The Morgan fingerprint density at radius 3 is 2.95 bits per heavy atom. The van der Waals surface area contributed by atoms with E-state index in [4.69, 9.17) is 18.0 Å². The Morgan fingerprint density at radius 1 is 1.68 bits per heavy atom. The second-order valence-electron chi connectivity index (χ2n) is 5.27. The average Bonchev–Trinajstić information content (AvgIpc) is 2.86. The molecule has 0 saturated heterocycles. The van der Waals surface area contributed by atoms with Crippen molar-refractivity contribution in [2.45, 2.75) is 39.7 Å². The Kier molecular flexibility index (Phi) is 3.97. The second kappa shape index (κ2) is 5.21. The molecule has 104 valence electrons. The summed E-state index contributed by atoms with van der Waals surface area (Å²) in [5.41, 5.74) is 6.34. The zero-order chi connectivity index (χ0) is 14.2. The van der Waals surface area contributed by atoms with Crippen molar-refractivity contribution < 1.29 is 4.79 Å². The van der Waals surface area contributed by atoms with E-state index in [-0.39, 0.29) is 11.9 Å². The van der Waals surface area contributed by atoms with Crippen molar-refractivity contribution in [3.05, 3.63) is 21.9 Å². The highest BCUT2D eigenvalue weighted by atomic mass is 32.1. The van der Waals surface area contributed by atoms with Gasteiger partial charge in [0.05, 0.1) is 16.4 Å². The lowest BCUT2D eigenvalue weighted by molar-refractivity contribution is -0.140. The Labute approximate surface area is 123 Å². The Hall–Kier alpha value is -0.940. The van der Waals surface area contributed by atoms with Crippen LogP contribution in [0.15, 0.2) is 11.4 Å². The predicted octanol–water partition coefficient (Wildman–Crippen LogP) is 2.90. The highest BCUT2D eigenvalue weighted by Gasteiger charge is 2.41. The van der Waals surface area contributed by atoms with Gasteiger partial charge in [-0.15, -0.1) is 11.3 Å². The van der Waals surface area contributed by atoms with Crippen LogP contribution in [0.4, 0.5) is 0 Å². The lowest BCUT2D eigenvalue weighted by Crippen LogP contribution is -2.50. The minimum absolute atomic E-state index is 0.0619. The molecule has 5 heteroatoms. The fraction of sp³-hybridized carbons (Fsp3) is 0.571. The van der Waals surface area contributed by atoms with Crippen molar-refractivity contribution in [1.29, 1.82) is 0 Å². The van der Waals surface area contributed by atoms with E-state index in [9.17, 15) is 4.79 Å². The molecule has 2 N–H and O–H groups in total. The lowest BCUT2D eigenvalue weighted by Gasteiger charge is -2.39. The van der Waals surface area contributed by atoms with Gasteiger partial charge in [-0.2, -0.15) is 0 Å². The summed E-state index contributed by atoms with van der Waals surface area (Å²) in [6.45, 7) is 6.65. The highest BCUT2D eigenvalue weighted by molar-refractivity contribution is 7.80. The summed E-state index contributed by atoms with van der Waals surface area (Å²) in [5.74, 6) is 0.0619. The zero-order valence-electron chi connectivity index (χ0n) is 11.6. The van der Waals surface area contributed by atoms with Gasteiger partial charge in [-0.25, -0.2) is 0 Å². The number of carbonyl (C=O) groups is 1. The monoisotopic (exact) mass is 296 g/mol. The number of amides is 1. The van der Waals surface area contributed by atoms with Crippen LogP contribution < -0.4 is 5.73 Å². The zero-order valence-corrected chi connectivity index (χ0v) is 13.2. The molecule has 0 radical (unpaired) electrons. The van der Waals surface area contributed by atoms with Crippen LogP contribution in [0, 0.1) is 5.41 Å². The lowest BCUT2D eigenvalue weighted by atomic mass is 9.84. The molecule has 1 aromatic rings. The molecule has 0 aliphatic carbocycles. The number of hydrogen-bond acceptors (Lipinski definition) is 3. The third kappa shape index (κ3) is 2.30. The van der Waals surface area contributed by atoms with Crippen molar-refractivity contribution in [2.24, 2.45) is 11.1 Å². The number of thiophene rings is 1. The molecule has 0 bridgehead atoms. The van der Waals surface area contributed by atoms with Crippen molar-refractivity contribution in [2.75, 3.05) is 6.54 Å². The highest BCUT2D eigenvalue weighted by Crippen LogP contribution is 2.36. The first-order valence-corrected chi connectivity index (χ1v) is 7.87. The minimum Gasteiger partial charge on any atom is -0.392 e. The van der Waals surface area contributed by atoms with Crippen molar-refractivity contribution in [1.82, 2.24) is 4.90 Å².